The summed E-state index contributed by atoms with van der Waals surface area (Å²) >= 11 is 3.52. The van der Waals surface area contributed by atoms with Gasteiger partial charge in [0, 0.05) is 61.0 Å². The molecule has 3 aliphatic rings. The van der Waals surface area contributed by atoms with Crippen LogP contribution in [0, 0.1) is 17.8 Å². The molecule has 0 bridgehead atoms. The first-order chi connectivity index (χ1) is 28.6. The van der Waals surface area contributed by atoms with Crippen molar-refractivity contribution in [2.75, 3.05) is 31.8 Å². The van der Waals surface area contributed by atoms with Crippen molar-refractivity contribution >= 4 is 29.2 Å². The van der Waals surface area contributed by atoms with Gasteiger partial charge in [0.05, 0.1) is 29.2 Å². The van der Waals surface area contributed by atoms with Gasteiger partial charge in [-0.3, -0.25) is 9.97 Å². The monoisotopic (exact) mass is 821 g/mol. The van der Waals surface area contributed by atoms with Crippen LogP contribution in [0.15, 0.2) is 126 Å². The molecule has 4 aromatic rings. The molecule has 1 aromatic heterocycles. The van der Waals surface area contributed by atoms with E-state index < -0.39 is 5.79 Å². The molecule has 2 N–H and O–H groups in total. The number of benzene rings is 3. The summed E-state index contributed by atoms with van der Waals surface area (Å²) in [5.74, 6) is 2.15. The second kappa shape index (κ2) is 20.7. The van der Waals surface area contributed by atoms with Crippen LogP contribution in [0.5, 0.6) is 17.2 Å². The number of aliphatic hydroxyl groups is 2. The van der Waals surface area contributed by atoms with Crippen LogP contribution in [0.4, 0.5) is 0 Å². The number of hydrogen-bond acceptors (Lipinski definition) is 11. The molecule has 2 heterocycles. The first-order valence-corrected chi connectivity index (χ1v) is 22.8. The molecule has 0 spiro atoms. The zero-order valence-electron chi connectivity index (χ0n) is 33.3. The number of hydrogen-bond donors (Lipinski definition) is 2. The Kier molecular flexibility index (Phi) is 15.0. The van der Waals surface area contributed by atoms with E-state index in [1.165, 1.54) is 4.90 Å². The maximum absolute atomic E-state index is 9.96. The van der Waals surface area contributed by atoms with Crippen LogP contribution < -0.4 is 9.47 Å². The standard InChI is InChI=1S/C47H55N3O6S2/c1-3-26-53-47-44(58-27-21-35-31-48-22-23-49-35)30-42(50-54-32-33-11-5-4-6-12-33)40-28-34(13-7-9-24-51)39(14-8-10-25-52)45(46(40)47)41-29-37(17-20-43(41)56-47)55-36-15-18-38(57-2)19-16-36/h3-6,11-12,15-20,22-23,28-29,31,34,39,44-46,51-52H,1,7-10,13-14,21,24-27,30,32H2,2H3. The molecule has 6 atom stereocenters. The van der Waals surface area contributed by atoms with Crippen LogP contribution in [0.2, 0.25) is 0 Å². The molecule has 2 aliphatic carbocycles. The molecule has 1 saturated carbocycles. The smallest absolute Gasteiger partial charge is 0.230 e. The number of allylic oxidation sites excluding steroid dienone is 1. The van der Waals surface area contributed by atoms with E-state index in [-0.39, 0.29) is 42.1 Å². The number of oxime groups is 1. The van der Waals surface area contributed by atoms with Crippen molar-refractivity contribution < 1.29 is 29.3 Å². The number of aliphatic hydroxyl groups excluding tert-OH is 2. The molecule has 9 nitrogen and oxygen atoms in total. The van der Waals surface area contributed by atoms with Crippen molar-refractivity contribution in [3.8, 4) is 17.2 Å². The van der Waals surface area contributed by atoms with E-state index in [0.29, 0.717) is 19.6 Å². The van der Waals surface area contributed by atoms with Gasteiger partial charge in [0.1, 0.15) is 23.9 Å². The van der Waals surface area contributed by atoms with Crippen molar-refractivity contribution in [3.05, 3.63) is 133 Å². The maximum atomic E-state index is 9.96. The van der Waals surface area contributed by atoms with Crippen LogP contribution in [-0.4, -0.2) is 68.8 Å². The number of thioether (sulfide) groups is 2. The fourth-order valence-corrected chi connectivity index (χ4v) is 10.6. The third kappa shape index (κ3) is 9.83. The third-order valence-corrected chi connectivity index (χ3v) is 13.5. The molecule has 6 unspecified atom stereocenters. The van der Waals surface area contributed by atoms with Crippen LogP contribution in [0.25, 0.3) is 0 Å². The van der Waals surface area contributed by atoms with Gasteiger partial charge in [0.15, 0.2) is 0 Å². The van der Waals surface area contributed by atoms with E-state index in [4.69, 9.17) is 24.2 Å². The predicted molar refractivity (Wildman–Crippen MR) is 233 cm³/mol. The summed E-state index contributed by atoms with van der Waals surface area (Å²) in [5.41, 5.74) is 5.08. The minimum Gasteiger partial charge on any atom is -0.460 e. The Morgan fingerprint density at radius 1 is 0.966 bits per heavy atom. The second-order valence-electron chi connectivity index (χ2n) is 15.1. The Balaban J connectivity index is 1.35. The lowest BCUT2D eigenvalue weighted by Gasteiger charge is -2.58. The zero-order valence-corrected chi connectivity index (χ0v) is 34.9. The van der Waals surface area contributed by atoms with Crippen LogP contribution >= 0.6 is 23.5 Å². The fourth-order valence-electron chi connectivity index (χ4n) is 8.84. The number of aryl methyl sites for hydroxylation is 1. The third-order valence-electron chi connectivity index (χ3n) is 11.5. The molecule has 1 fully saturated rings. The fraction of sp³-hybridized carbons (Fsp3) is 0.426. The van der Waals surface area contributed by atoms with Crippen LogP contribution in [0.1, 0.15) is 67.7 Å². The van der Waals surface area contributed by atoms with E-state index >= 15 is 0 Å². The largest absolute Gasteiger partial charge is 0.460 e. The number of aromatic nitrogens is 2. The number of nitrogens with zero attached hydrogens (tertiary/aromatic N) is 3. The van der Waals surface area contributed by atoms with E-state index in [0.717, 1.165) is 96.1 Å². The minimum absolute atomic E-state index is 0.0310. The normalized spacial score (nSPS) is 23.9. The minimum atomic E-state index is -1.05. The number of fused-ring (bicyclic) bond motifs is 2. The number of ether oxygens (including phenoxy) is 3. The molecule has 0 saturated heterocycles. The van der Waals surface area contributed by atoms with Crippen molar-refractivity contribution in [1.82, 2.24) is 9.97 Å². The molecular formula is C47H55N3O6S2. The highest BCUT2D eigenvalue weighted by Gasteiger charge is 2.64. The SMILES string of the molecule is C=CCOC12Oc3ccc(Oc4ccc(SC)cc4)cc3C3C(CCCCO)C(CCCCO)C=C(C(=NOCc4ccccc4)CC1SCCc1cnccn1)C32. The van der Waals surface area contributed by atoms with Gasteiger partial charge in [-0.2, -0.15) is 11.8 Å². The zero-order chi connectivity index (χ0) is 40.2. The van der Waals surface area contributed by atoms with E-state index in [9.17, 15) is 10.2 Å². The molecular weight excluding hydrogens is 767 g/mol. The highest BCUT2D eigenvalue weighted by Crippen LogP contribution is 2.62. The molecule has 0 radical (unpaired) electrons. The molecule has 306 valence electrons. The summed E-state index contributed by atoms with van der Waals surface area (Å²) in [6, 6.07) is 24.5. The van der Waals surface area contributed by atoms with Gasteiger partial charge in [-0.1, -0.05) is 60.5 Å². The van der Waals surface area contributed by atoms with Gasteiger partial charge in [0.2, 0.25) is 5.79 Å². The first kappa shape index (κ1) is 42.0. The Morgan fingerprint density at radius 3 is 2.50 bits per heavy atom. The van der Waals surface area contributed by atoms with Crippen molar-refractivity contribution in [1.29, 1.82) is 0 Å². The Bertz CT molecular complexity index is 1980. The quantitative estimate of drug-likeness (QED) is 0.0364. The Morgan fingerprint density at radius 2 is 1.76 bits per heavy atom. The van der Waals surface area contributed by atoms with Gasteiger partial charge in [-0.05, 0) is 103 Å². The number of rotatable bonds is 21. The summed E-state index contributed by atoms with van der Waals surface area (Å²) in [6.45, 7) is 5.04. The summed E-state index contributed by atoms with van der Waals surface area (Å²) in [6.07, 6.45) is 18.0. The summed E-state index contributed by atoms with van der Waals surface area (Å²) in [4.78, 5) is 16.2. The van der Waals surface area contributed by atoms with Crippen molar-refractivity contribution in [2.24, 2.45) is 22.9 Å². The van der Waals surface area contributed by atoms with Crippen molar-refractivity contribution in [2.45, 2.75) is 79.8 Å². The molecule has 11 heteroatoms. The van der Waals surface area contributed by atoms with Gasteiger partial charge in [-0.25, -0.2) is 0 Å². The molecule has 7 rings (SSSR count). The highest BCUT2D eigenvalue weighted by molar-refractivity contribution is 8.00. The molecule has 1 aliphatic heterocycles. The Labute approximate surface area is 351 Å². The lowest BCUT2D eigenvalue weighted by Crippen LogP contribution is -2.64. The Hall–Kier alpha value is -4.13. The van der Waals surface area contributed by atoms with E-state index in [1.807, 2.05) is 72.6 Å². The number of unbranched alkanes of at least 4 members (excludes halogenated alkanes) is 2. The predicted octanol–water partition coefficient (Wildman–Crippen LogP) is 9.80. The van der Waals surface area contributed by atoms with Gasteiger partial charge >= 0.3 is 0 Å². The van der Waals surface area contributed by atoms with E-state index in [2.05, 4.69) is 47.1 Å². The van der Waals surface area contributed by atoms with E-state index in [1.54, 1.807) is 30.2 Å². The van der Waals surface area contributed by atoms with Gasteiger partial charge < -0.3 is 29.3 Å². The molecule has 58 heavy (non-hydrogen) atoms. The maximum Gasteiger partial charge on any atom is 0.230 e. The second-order valence-corrected chi connectivity index (χ2v) is 17.3. The van der Waals surface area contributed by atoms with Crippen LogP contribution in [-0.2, 0) is 22.6 Å². The average molecular weight is 822 g/mol. The summed E-state index contributed by atoms with van der Waals surface area (Å²) in [7, 11) is 0. The topological polar surface area (TPSA) is 116 Å². The highest BCUT2D eigenvalue weighted by atomic mass is 32.2. The summed E-state index contributed by atoms with van der Waals surface area (Å²) in [5, 5.41) is 24.6. The lowest BCUT2D eigenvalue weighted by molar-refractivity contribution is -0.223. The first-order valence-electron chi connectivity index (χ1n) is 20.5. The summed E-state index contributed by atoms with van der Waals surface area (Å²) < 4.78 is 21.0. The van der Waals surface area contributed by atoms with Crippen LogP contribution in [0.3, 0.4) is 0 Å². The molecule has 0 amide bonds. The van der Waals surface area contributed by atoms with Crippen molar-refractivity contribution in [3.63, 3.8) is 0 Å². The van der Waals surface area contributed by atoms with Gasteiger partial charge in [0.25, 0.3) is 0 Å². The molecule has 3 aromatic carbocycles. The lowest BCUT2D eigenvalue weighted by atomic mass is 9.56. The average Bonchev–Trinajstić information content (AvgIpc) is 3.26. The van der Waals surface area contributed by atoms with Gasteiger partial charge in [-0.15, -0.1) is 18.3 Å².